The lowest BCUT2D eigenvalue weighted by atomic mass is 10.2. The van der Waals surface area contributed by atoms with Gasteiger partial charge in [0, 0.05) is 58.1 Å². The molecule has 0 aliphatic carbocycles. The number of amides is 1. The van der Waals surface area contributed by atoms with E-state index >= 15 is 0 Å². The average Bonchev–Trinajstić information content (AvgIpc) is 3.42. The van der Waals surface area contributed by atoms with E-state index in [1.54, 1.807) is 36.1 Å². The van der Waals surface area contributed by atoms with Gasteiger partial charge in [0.2, 0.25) is 0 Å². The average molecular weight is 465 g/mol. The van der Waals surface area contributed by atoms with E-state index in [-0.39, 0.29) is 18.3 Å². The number of nitrogens with one attached hydrogen (secondary N) is 2. The van der Waals surface area contributed by atoms with Crippen LogP contribution in [0.25, 0.3) is 22.6 Å². The Hall–Kier alpha value is -3.83. The summed E-state index contributed by atoms with van der Waals surface area (Å²) in [7, 11) is 1.75. The van der Waals surface area contributed by atoms with Crippen molar-refractivity contribution in [2.75, 3.05) is 49.5 Å². The molecule has 34 heavy (non-hydrogen) atoms. The van der Waals surface area contributed by atoms with Gasteiger partial charge in [-0.2, -0.15) is 5.10 Å². The number of anilines is 2. The molecule has 3 N–H and O–H groups in total. The van der Waals surface area contributed by atoms with Crippen LogP contribution in [0, 0.1) is 5.82 Å². The zero-order valence-corrected chi connectivity index (χ0v) is 18.7. The van der Waals surface area contributed by atoms with Crippen molar-refractivity contribution in [1.29, 1.82) is 0 Å². The number of nitrogens with zero attached hydrogens (tertiary/aromatic N) is 6. The quantitative estimate of drug-likeness (QED) is 0.399. The number of rotatable bonds is 6. The lowest BCUT2D eigenvalue weighted by Gasteiger charge is -2.35. The molecular formula is C23H25FN8O2. The molecule has 1 fully saturated rings. The van der Waals surface area contributed by atoms with E-state index in [0.717, 1.165) is 32.0 Å². The van der Waals surface area contributed by atoms with Crippen molar-refractivity contribution in [3.8, 4) is 11.5 Å². The Labute approximate surface area is 195 Å². The predicted molar refractivity (Wildman–Crippen MR) is 126 cm³/mol. The fourth-order valence-corrected chi connectivity index (χ4v) is 4.09. The number of aromatic amines is 1. The third kappa shape index (κ3) is 4.47. The van der Waals surface area contributed by atoms with Crippen LogP contribution in [0.3, 0.4) is 0 Å². The molecule has 1 aliphatic rings. The molecule has 0 saturated carbocycles. The van der Waals surface area contributed by atoms with Gasteiger partial charge in [-0.1, -0.05) is 0 Å². The largest absolute Gasteiger partial charge is 0.395 e. The van der Waals surface area contributed by atoms with Crippen LogP contribution in [-0.2, 0) is 7.05 Å². The number of aliphatic hydroxyl groups is 1. The van der Waals surface area contributed by atoms with E-state index in [0.29, 0.717) is 40.5 Å². The first kappa shape index (κ1) is 22.0. The summed E-state index contributed by atoms with van der Waals surface area (Å²) in [6.07, 6.45) is 1.56. The minimum atomic E-state index is -0.355. The Kier molecular flexibility index (Phi) is 5.95. The Morgan fingerprint density at radius 1 is 1.18 bits per heavy atom. The van der Waals surface area contributed by atoms with Gasteiger partial charge >= 0.3 is 0 Å². The Morgan fingerprint density at radius 3 is 2.74 bits per heavy atom. The molecule has 1 aliphatic heterocycles. The van der Waals surface area contributed by atoms with Crippen molar-refractivity contribution >= 4 is 28.6 Å². The minimum Gasteiger partial charge on any atom is -0.395 e. The number of aromatic nitrogens is 5. The van der Waals surface area contributed by atoms with Crippen LogP contribution in [0.5, 0.6) is 0 Å². The second-order valence-corrected chi connectivity index (χ2v) is 8.20. The second-order valence-electron chi connectivity index (χ2n) is 8.20. The molecule has 1 amide bonds. The zero-order valence-electron chi connectivity index (χ0n) is 18.7. The van der Waals surface area contributed by atoms with Gasteiger partial charge in [0.15, 0.2) is 11.6 Å². The van der Waals surface area contributed by atoms with E-state index in [9.17, 15) is 9.18 Å². The molecule has 10 nitrogen and oxygen atoms in total. The van der Waals surface area contributed by atoms with Gasteiger partial charge in [0.05, 0.1) is 23.2 Å². The number of aliphatic hydroxyl groups excluding tert-OH is 1. The molecule has 1 saturated heterocycles. The van der Waals surface area contributed by atoms with Crippen LogP contribution in [-0.4, -0.2) is 80.0 Å². The van der Waals surface area contributed by atoms with Crippen LogP contribution in [0.2, 0.25) is 0 Å². The first-order valence-electron chi connectivity index (χ1n) is 11.1. The number of imidazole rings is 1. The third-order valence-corrected chi connectivity index (χ3v) is 5.93. The molecule has 5 rings (SSSR count). The summed E-state index contributed by atoms with van der Waals surface area (Å²) in [4.78, 5) is 29.2. The monoisotopic (exact) mass is 464 g/mol. The number of fused-ring (bicyclic) bond motifs is 1. The van der Waals surface area contributed by atoms with Gasteiger partial charge in [-0.25, -0.2) is 14.4 Å². The number of hydrogen-bond donors (Lipinski definition) is 3. The third-order valence-electron chi connectivity index (χ3n) is 5.93. The number of aryl methyl sites for hydroxylation is 1. The second kappa shape index (κ2) is 9.20. The SMILES string of the molecule is Cn1nc(NC(=O)c2ccc(N3CCN(CCO)CC3)nc2)cc1-c1nc2cc(F)ccc2[nH]1. The number of carbonyl (C=O) groups is 1. The summed E-state index contributed by atoms with van der Waals surface area (Å²) in [5.74, 6) is 1.05. The standard InChI is InChI=1S/C23H25FN8O2/c1-30-19(22-26-17-4-3-16(24)12-18(17)27-22)13-20(29-30)28-23(34)15-2-5-21(25-14-15)32-8-6-31(7-9-32)10-11-33/h2-5,12-14,33H,6-11H2,1H3,(H,26,27)(H,28,29,34). The summed E-state index contributed by atoms with van der Waals surface area (Å²) in [5.41, 5.74) is 2.31. The molecule has 0 unspecified atom stereocenters. The Balaban J connectivity index is 1.25. The lowest BCUT2D eigenvalue weighted by Crippen LogP contribution is -2.47. The van der Waals surface area contributed by atoms with Gasteiger partial charge in [0.1, 0.15) is 17.3 Å². The maximum Gasteiger partial charge on any atom is 0.258 e. The molecular weight excluding hydrogens is 439 g/mol. The normalized spacial score (nSPS) is 14.6. The molecule has 176 valence electrons. The van der Waals surface area contributed by atoms with Crippen LogP contribution in [0.15, 0.2) is 42.6 Å². The Morgan fingerprint density at radius 2 is 2.00 bits per heavy atom. The lowest BCUT2D eigenvalue weighted by molar-refractivity contribution is 0.102. The molecule has 0 spiro atoms. The van der Waals surface area contributed by atoms with Crippen LogP contribution < -0.4 is 10.2 Å². The molecule has 0 radical (unpaired) electrons. The summed E-state index contributed by atoms with van der Waals surface area (Å²) in [6.45, 7) is 4.23. The fraction of sp³-hybridized carbons (Fsp3) is 0.304. The van der Waals surface area contributed by atoms with Crippen LogP contribution in [0.4, 0.5) is 16.0 Å². The van der Waals surface area contributed by atoms with Gasteiger partial charge in [-0.05, 0) is 24.3 Å². The van der Waals surface area contributed by atoms with E-state index < -0.39 is 0 Å². The van der Waals surface area contributed by atoms with Crippen molar-refractivity contribution < 1.29 is 14.3 Å². The number of carbonyl (C=O) groups excluding carboxylic acids is 1. The number of pyridine rings is 1. The minimum absolute atomic E-state index is 0.165. The fourth-order valence-electron chi connectivity index (χ4n) is 4.09. The number of benzene rings is 1. The number of halogens is 1. The summed E-state index contributed by atoms with van der Waals surface area (Å²) < 4.78 is 15.1. The van der Waals surface area contributed by atoms with Gasteiger partial charge in [-0.3, -0.25) is 14.4 Å². The Bertz CT molecular complexity index is 1310. The smallest absolute Gasteiger partial charge is 0.258 e. The van der Waals surface area contributed by atoms with Crippen LogP contribution in [0.1, 0.15) is 10.4 Å². The van der Waals surface area contributed by atoms with Crippen molar-refractivity contribution in [3.63, 3.8) is 0 Å². The van der Waals surface area contributed by atoms with E-state index in [1.165, 1.54) is 12.1 Å². The maximum atomic E-state index is 13.5. The number of β-amino-alcohol motifs (C(OH)–C–C–N with tert-alkyl or cyclic N) is 1. The summed E-state index contributed by atoms with van der Waals surface area (Å²) in [5, 5.41) is 16.2. The first-order chi connectivity index (χ1) is 16.5. The highest BCUT2D eigenvalue weighted by Gasteiger charge is 2.19. The molecule has 4 heterocycles. The topological polar surface area (TPSA) is 115 Å². The summed E-state index contributed by atoms with van der Waals surface area (Å²) in [6, 6.07) is 9.66. The zero-order chi connectivity index (χ0) is 23.7. The summed E-state index contributed by atoms with van der Waals surface area (Å²) >= 11 is 0. The predicted octanol–water partition coefficient (Wildman–Crippen LogP) is 1.86. The van der Waals surface area contributed by atoms with Crippen molar-refractivity contribution in [3.05, 3.63) is 54.0 Å². The number of H-pyrrole nitrogens is 1. The van der Waals surface area contributed by atoms with Gasteiger partial charge < -0.3 is 20.3 Å². The van der Waals surface area contributed by atoms with E-state index in [2.05, 4.69) is 35.2 Å². The number of hydrogen-bond acceptors (Lipinski definition) is 7. The van der Waals surface area contributed by atoms with E-state index in [4.69, 9.17) is 5.11 Å². The van der Waals surface area contributed by atoms with Crippen molar-refractivity contribution in [1.82, 2.24) is 29.6 Å². The molecule has 11 heteroatoms. The molecule has 0 bridgehead atoms. The highest BCUT2D eigenvalue weighted by Crippen LogP contribution is 2.23. The highest BCUT2D eigenvalue weighted by atomic mass is 19.1. The molecule has 3 aromatic heterocycles. The molecule has 4 aromatic rings. The van der Waals surface area contributed by atoms with E-state index in [1.807, 2.05) is 6.07 Å². The van der Waals surface area contributed by atoms with Crippen LogP contribution >= 0.6 is 0 Å². The van der Waals surface area contributed by atoms with Crippen molar-refractivity contribution in [2.45, 2.75) is 0 Å². The highest BCUT2D eigenvalue weighted by molar-refractivity contribution is 6.03. The molecule has 0 atom stereocenters. The van der Waals surface area contributed by atoms with Crippen molar-refractivity contribution in [2.24, 2.45) is 7.05 Å². The maximum absolute atomic E-state index is 13.5. The van der Waals surface area contributed by atoms with Gasteiger partial charge in [-0.15, -0.1) is 0 Å². The van der Waals surface area contributed by atoms with Gasteiger partial charge in [0.25, 0.3) is 5.91 Å². The number of piperazine rings is 1. The molecule has 1 aromatic carbocycles. The first-order valence-corrected chi connectivity index (χ1v) is 11.1.